The molecule has 26 heavy (non-hydrogen) atoms. The van der Waals surface area contributed by atoms with Gasteiger partial charge < -0.3 is 10.5 Å². The van der Waals surface area contributed by atoms with Gasteiger partial charge in [-0.1, -0.05) is 51.3 Å². The smallest absolute Gasteiger partial charge is 0.195 e. The number of fused-ring (bicyclic) bond motifs is 2. The lowest BCUT2D eigenvalue weighted by Crippen LogP contribution is -2.05. The van der Waals surface area contributed by atoms with Gasteiger partial charge in [0.25, 0.3) is 0 Å². The molecule has 0 aliphatic carbocycles. The molecule has 0 radical (unpaired) electrons. The van der Waals surface area contributed by atoms with E-state index in [0.717, 1.165) is 32.2 Å². The Kier molecular flexibility index (Phi) is 8.75. The van der Waals surface area contributed by atoms with Gasteiger partial charge in [-0.3, -0.25) is 4.79 Å². The monoisotopic (exact) mass is 371 g/mol. The largest absolute Gasteiger partial charge is 0.377 e. The van der Waals surface area contributed by atoms with Crippen LogP contribution in [0.15, 0.2) is 47.3 Å². The van der Waals surface area contributed by atoms with Gasteiger partial charge in [0.2, 0.25) is 0 Å². The summed E-state index contributed by atoms with van der Waals surface area (Å²) in [6, 6.07) is 13.7. The first-order valence-corrected chi connectivity index (χ1v) is 10.2. The molecule has 0 atom stereocenters. The highest BCUT2D eigenvalue weighted by molar-refractivity contribution is 7.24. The number of benzene rings is 2. The number of ether oxygens (including phenoxy) is 1. The van der Waals surface area contributed by atoms with Crippen LogP contribution in [0.25, 0.3) is 20.2 Å². The molecule has 3 rings (SSSR count). The van der Waals surface area contributed by atoms with E-state index in [-0.39, 0.29) is 5.43 Å². The second-order valence-corrected chi connectivity index (χ2v) is 7.39. The van der Waals surface area contributed by atoms with Crippen molar-refractivity contribution < 1.29 is 4.74 Å². The van der Waals surface area contributed by atoms with Crippen LogP contribution in [0, 0.1) is 0 Å². The van der Waals surface area contributed by atoms with Crippen molar-refractivity contribution in [3.05, 3.63) is 58.3 Å². The van der Waals surface area contributed by atoms with Gasteiger partial charge in [0, 0.05) is 26.8 Å². The van der Waals surface area contributed by atoms with Crippen molar-refractivity contribution >= 4 is 31.5 Å². The van der Waals surface area contributed by atoms with Gasteiger partial charge in [0.1, 0.15) is 0 Å². The quantitative estimate of drug-likeness (QED) is 0.442. The van der Waals surface area contributed by atoms with E-state index in [2.05, 4.69) is 13.8 Å². The van der Waals surface area contributed by atoms with Crippen molar-refractivity contribution in [2.45, 2.75) is 46.1 Å². The minimum absolute atomic E-state index is 0.100. The minimum atomic E-state index is 0.100. The lowest BCUT2D eigenvalue weighted by atomic mass is 10.1. The predicted octanol–water partition coefficient (Wildman–Crippen LogP) is 5.48. The lowest BCUT2D eigenvalue weighted by molar-refractivity contribution is 0.120. The molecule has 1 heterocycles. The van der Waals surface area contributed by atoms with E-state index in [4.69, 9.17) is 10.5 Å². The summed E-state index contributed by atoms with van der Waals surface area (Å²) < 4.78 is 7.61. The van der Waals surface area contributed by atoms with Gasteiger partial charge in [-0.25, -0.2) is 0 Å². The van der Waals surface area contributed by atoms with E-state index in [1.807, 2.05) is 42.5 Å². The third-order valence-electron chi connectivity index (χ3n) is 4.11. The second kappa shape index (κ2) is 11.1. The van der Waals surface area contributed by atoms with Gasteiger partial charge in [0.05, 0.1) is 6.61 Å². The molecule has 1 aromatic heterocycles. The minimum Gasteiger partial charge on any atom is -0.377 e. The van der Waals surface area contributed by atoms with E-state index in [1.54, 1.807) is 11.3 Å². The van der Waals surface area contributed by atoms with Crippen molar-refractivity contribution in [1.29, 1.82) is 0 Å². The van der Waals surface area contributed by atoms with Gasteiger partial charge in [-0.2, -0.15) is 0 Å². The molecule has 0 aliphatic heterocycles. The Morgan fingerprint density at radius 2 is 1.69 bits per heavy atom. The Morgan fingerprint density at radius 1 is 0.962 bits per heavy atom. The van der Waals surface area contributed by atoms with Crippen LogP contribution < -0.4 is 11.2 Å². The molecule has 4 heteroatoms. The Bertz CT molecular complexity index is 871. The van der Waals surface area contributed by atoms with Gasteiger partial charge in [0.15, 0.2) is 5.43 Å². The third kappa shape index (κ3) is 5.63. The summed E-state index contributed by atoms with van der Waals surface area (Å²) >= 11 is 1.65. The summed E-state index contributed by atoms with van der Waals surface area (Å²) in [5, 5.41) is 1.56. The fourth-order valence-corrected chi connectivity index (χ4v) is 3.72. The Hall–Kier alpha value is -1.75. The molecule has 3 nitrogen and oxygen atoms in total. The van der Waals surface area contributed by atoms with Crippen LogP contribution in [-0.2, 0) is 11.3 Å². The van der Waals surface area contributed by atoms with Crippen LogP contribution in [0.3, 0.4) is 0 Å². The molecule has 3 aromatic rings. The van der Waals surface area contributed by atoms with E-state index < -0.39 is 0 Å². The molecule has 0 fully saturated rings. The molecule has 0 aliphatic rings. The predicted molar refractivity (Wildman–Crippen MR) is 114 cm³/mol. The number of nitrogens with two attached hydrogens (primary N) is 1. The topological polar surface area (TPSA) is 52.3 Å². The molecule has 0 amide bonds. The first-order valence-electron chi connectivity index (χ1n) is 9.43. The average molecular weight is 372 g/mol. The second-order valence-electron chi connectivity index (χ2n) is 6.31. The zero-order valence-corrected chi connectivity index (χ0v) is 16.6. The highest BCUT2D eigenvalue weighted by Crippen LogP contribution is 2.25. The molecular formula is C22H29NO2S. The summed E-state index contributed by atoms with van der Waals surface area (Å²) in [6.45, 7) is 6.23. The summed E-state index contributed by atoms with van der Waals surface area (Å²) in [4.78, 5) is 12.6. The Labute approximate surface area is 159 Å². The lowest BCUT2D eigenvalue weighted by Gasteiger charge is -2.06. The highest BCUT2D eigenvalue weighted by atomic mass is 32.1. The SMILES string of the molecule is CCCCC.NCCCOCc1ccc2sc3ccccc3c(=O)c2c1. The average Bonchev–Trinajstić information content (AvgIpc) is 2.67. The summed E-state index contributed by atoms with van der Waals surface area (Å²) in [5.74, 6) is 0. The fraction of sp³-hybridized carbons (Fsp3) is 0.409. The van der Waals surface area contributed by atoms with E-state index >= 15 is 0 Å². The van der Waals surface area contributed by atoms with Crippen LogP contribution in [-0.4, -0.2) is 13.2 Å². The van der Waals surface area contributed by atoms with Gasteiger partial charge in [-0.05, 0) is 42.8 Å². The van der Waals surface area contributed by atoms with Crippen molar-refractivity contribution in [2.24, 2.45) is 5.73 Å². The zero-order chi connectivity index (χ0) is 18.8. The molecule has 0 saturated carbocycles. The number of hydrogen-bond donors (Lipinski definition) is 1. The maximum atomic E-state index is 12.6. The first-order chi connectivity index (χ1) is 12.7. The summed E-state index contributed by atoms with van der Waals surface area (Å²) in [6.07, 6.45) is 4.93. The van der Waals surface area contributed by atoms with Crippen LogP contribution in [0.5, 0.6) is 0 Å². The van der Waals surface area contributed by atoms with Gasteiger partial charge in [-0.15, -0.1) is 11.3 Å². The number of unbranched alkanes of at least 4 members (excludes halogenated alkanes) is 2. The Morgan fingerprint density at radius 3 is 2.38 bits per heavy atom. The molecule has 0 spiro atoms. The van der Waals surface area contributed by atoms with Crippen molar-refractivity contribution in [3.8, 4) is 0 Å². The molecule has 0 bridgehead atoms. The van der Waals surface area contributed by atoms with E-state index in [9.17, 15) is 4.79 Å². The van der Waals surface area contributed by atoms with Gasteiger partial charge >= 0.3 is 0 Å². The zero-order valence-electron chi connectivity index (χ0n) is 15.8. The van der Waals surface area contributed by atoms with E-state index in [0.29, 0.717) is 19.8 Å². The summed E-state index contributed by atoms with van der Waals surface area (Å²) in [7, 11) is 0. The van der Waals surface area contributed by atoms with E-state index in [1.165, 1.54) is 19.3 Å². The molecule has 140 valence electrons. The normalized spacial score (nSPS) is 10.7. The Balaban J connectivity index is 0.000000431. The number of rotatable bonds is 7. The van der Waals surface area contributed by atoms with Crippen molar-refractivity contribution in [3.63, 3.8) is 0 Å². The molecule has 2 N–H and O–H groups in total. The fourth-order valence-electron chi connectivity index (χ4n) is 2.67. The molecular weight excluding hydrogens is 342 g/mol. The highest BCUT2D eigenvalue weighted by Gasteiger charge is 2.06. The molecule has 0 unspecified atom stereocenters. The first kappa shape index (κ1) is 20.6. The van der Waals surface area contributed by atoms with Crippen LogP contribution >= 0.6 is 11.3 Å². The van der Waals surface area contributed by atoms with Crippen LogP contribution in [0.1, 0.15) is 45.1 Å². The standard InChI is InChI=1S/C17H17NO2S.C5H12/c18-8-3-9-20-11-12-6-7-16-14(10-12)17(19)13-4-1-2-5-15(13)21-16;1-3-5-4-2/h1-2,4-7,10H,3,8-9,11,18H2;3-5H2,1-2H3. The van der Waals surface area contributed by atoms with Crippen molar-refractivity contribution in [2.75, 3.05) is 13.2 Å². The molecule has 2 aromatic carbocycles. The van der Waals surface area contributed by atoms with Crippen molar-refractivity contribution in [1.82, 2.24) is 0 Å². The number of hydrogen-bond acceptors (Lipinski definition) is 4. The summed E-state index contributed by atoms with van der Waals surface area (Å²) in [5.41, 5.74) is 6.56. The maximum absolute atomic E-state index is 12.6. The maximum Gasteiger partial charge on any atom is 0.195 e. The third-order valence-corrected chi connectivity index (χ3v) is 5.26. The van der Waals surface area contributed by atoms with Crippen LogP contribution in [0.2, 0.25) is 0 Å². The molecule has 0 saturated heterocycles. The van der Waals surface area contributed by atoms with Crippen LogP contribution in [0.4, 0.5) is 0 Å².